The second-order valence-electron chi connectivity index (χ2n) is 3.97. The fourth-order valence-electron chi connectivity index (χ4n) is 1.97. The van der Waals surface area contributed by atoms with Crippen LogP contribution >= 0.6 is 0 Å². The molecule has 0 unspecified atom stereocenters. The van der Waals surface area contributed by atoms with Gasteiger partial charge < -0.3 is 5.11 Å². The summed E-state index contributed by atoms with van der Waals surface area (Å²) < 4.78 is 0. The van der Waals surface area contributed by atoms with Gasteiger partial charge in [0.15, 0.2) is 0 Å². The van der Waals surface area contributed by atoms with Crippen LogP contribution in [0, 0.1) is 0 Å². The van der Waals surface area contributed by atoms with Crippen LogP contribution in [-0.4, -0.2) is 27.3 Å². The molecule has 2 heterocycles. The van der Waals surface area contributed by atoms with Crippen molar-refractivity contribution < 1.29 is 9.90 Å². The molecule has 5 heteroatoms. The number of carboxylic acid groups (broad SMARTS) is 1. The van der Waals surface area contributed by atoms with Gasteiger partial charge in [-0.15, -0.1) is 0 Å². The lowest BCUT2D eigenvalue weighted by Crippen LogP contribution is -1.99. The van der Waals surface area contributed by atoms with Crippen LogP contribution < -0.4 is 0 Å². The Labute approximate surface area is 103 Å². The number of hydrogen-bond acceptors (Lipinski definition) is 4. The molecule has 0 radical (unpaired) electrons. The Balaban J connectivity index is 2.28. The molecule has 0 saturated carbocycles. The van der Waals surface area contributed by atoms with E-state index in [1.807, 2.05) is 0 Å². The average molecular weight is 239 g/mol. The molecule has 0 aliphatic carbocycles. The summed E-state index contributed by atoms with van der Waals surface area (Å²) >= 11 is 0. The number of aromatic nitrogens is 2. The van der Waals surface area contributed by atoms with Crippen LogP contribution in [0.1, 0.15) is 21.5 Å². The molecule has 0 bridgehead atoms. The summed E-state index contributed by atoms with van der Waals surface area (Å²) in [6.07, 6.45) is 4.91. The van der Waals surface area contributed by atoms with Gasteiger partial charge in [0.25, 0.3) is 0 Å². The van der Waals surface area contributed by atoms with Gasteiger partial charge in [-0.3, -0.25) is 4.99 Å². The van der Waals surface area contributed by atoms with Crippen molar-refractivity contribution >= 4 is 12.2 Å². The Bertz CT molecular complexity index is 665. The van der Waals surface area contributed by atoms with Crippen molar-refractivity contribution in [3.63, 3.8) is 0 Å². The van der Waals surface area contributed by atoms with E-state index in [0.29, 0.717) is 6.54 Å². The Morgan fingerprint density at radius 2 is 2.22 bits per heavy atom. The molecular weight excluding hydrogens is 230 g/mol. The number of carbonyl (C=O) groups is 1. The maximum Gasteiger partial charge on any atom is 0.335 e. The first-order valence-electron chi connectivity index (χ1n) is 5.42. The first-order chi connectivity index (χ1) is 8.75. The fraction of sp³-hybridized carbons (Fsp3) is 0.0769. The second-order valence-corrected chi connectivity index (χ2v) is 3.97. The molecular formula is C13H9N3O2. The summed E-state index contributed by atoms with van der Waals surface area (Å²) in [4.78, 5) is 23.5. The molecule has 1 aliphatic heterocycles. The molecule has 1 aromatic heterocycles. The molecule has 88 valence electrons. The van der Waals surface area contributed by atoms with E-state index >= 15 is 0 Å². The van der Waals surface area contributed by atoms with Crippen molar-refractivity contribution in [3.05, 3.63) is 47.4 Å². The van der Waals surface area contributed by atoms with Gasteiger partial charge in [0, 0.05) is 29.1 Å². The summed E-state index contributed by atoms with van der Waals surface area (Å²) in [5.41, 5.74) is 3.55. The number of fused-ring (bicyclic) bond motifs is 3. The number of aliphatic imine (C=N–C) groups is 1. The Hall–Kier alpha value is -2.56. The van der Waals surface area contributed by atoms with Crippen molar-refractivity contribution in [1.29, 1.82) is 0 Å². The molecule has 0 saturated heterocycles. The molecule has 1 aliphatic rings. The number of nitrogens with zero attached hydrogens (tertiary/aromatic N) is 3. The normalized spacial score (nSPS) is 12.4. The molecule has 0 fully saturated rings. The van der Waals surface area contributed by atoms with Gasteiger partial charge in [-0.05, 0) is 12.1 Å². The van der Waals surface area contributed by atoms with Crippen LogP contribution in [0.3, 0.4) is 0 Å². The second kappa shape index (κ2) is 4.03. The van der Waals surface area contributed by atoms with Crippen LogP contribution in [0.5, 0.6) is 0 Å². The highest BCUT2D eigenvalue weighted by molar-refractivity contribution is 5.96. The molecule has 0 atom stereocenters. The highest BCUT2D eigenvalue weighted by Gasteiger charge is 2.15. The minimum absolute atomic E-state index is 0.244. The number of aromatic carboxylic acids is 1. The van der Waals surface area contributed by atoms with Crippen LogP contribution in [0.2, 0.25) is 0 Å². The van der Waals surface area contributed by atoms with Crippen LogP contribution in [0.4, 0.5) is 0 Å². The number of benzene rings is 1. The first kappa shape index (κ1) is 10.6. The number of carboxylic acids is 1. The summed E-state index contributed by atoms with van der Waals surface area (Å²) in [7, 11) is 0. The molecule has 1 aromatic carbocycles. The summed E-state index contributed by atoms with van der Waals surface area (Å²) in [5, 5.41) is 9.04. The largest absolute Gasteiger partial charge is 0.478 e. The lowest BCUT2D eigenvalue weighted by Gasteiger charge is -2.07. The predicted molar refractivity (Wildman–Crippen MR) is 65.7 cm³/mol. The van der Waals surface area contributed by atoms with E-state index in [1.165, 1.54) is 6.33 Å². The van der Waals surface area contributed by atoms with Crippen LogP contribution in [0.25, 0.3) is 11.3 Å². The maximum absolute atomic E-state index is 11.0. The van der Waals surface area contributed by atoms with Gasteiger partial charge in [0.05, 0.1) is 17.8 Å². The number of rotatable bonds is 1. The molecule has 18 heavy (non-hydrogen) atoms. The van der Waals surface area contributed by atoms with Crippen molar-refractivity contribution in [2.24, 2.45) is 4.99 Å². The fourth-order valence-corrected chi connectivity index (χ4v) is 1.97. The van der Waals surface area contributed by atoms with Gasteiger partial charge >= 0.3 is 5.97 Å². The standard InChI is InChI=1S/C13H9N3O2/c17-13(18)8-1-2-9-4-14-5-10-6-15-7-16-12(10)11(9)3-8/h1-4,6-7H,5H2,(H,17,18). The zero-order valence-electron chi connectivity index (χ0n) is 9.37. The minimum atomic E-state index is -0.949. The SMILES string of the molecule is O=C(O)c1ccc2c(c1)-c1ncncc1CN=C2. The summed E-state index contributed by atoms with van der Waals surface area (Å²) in [5.74, 6) is -0.949. The van der Waals surface area contributed by atoms with E-state index in [4.69, 9.17) is 5.11 Å². The molecule has 0 spiro atoms. The van der Waals surface area contributed by atoms with Crippen molar-refractivity contribution in [3.8, 4) is 11.3 Å². The minimum Gasteiger partial charge on any atom is -0.478 e. The van der Waals surface area contributed by atoms with Crippen molar-refractivity contribution in [1.82, 2.24) is 9.97 Å². The first-order valence-corrected chi connectivity index (χ1v) is 5.42. The lowest BCUT2D eigenvalue weighted by atomic mass is 10.00. The van der Waals surface area contributed by atoms with E-state index in [2.05, 4.69) is 15.0 Å². The smallest absolute Gasteiger partial charge is 0.335 e. The van der Waals surface area contributed by atoms with Gasteiger partial charge in [-0.1, -0.05) is 6.07 Å². The van der Waals surface area contributed by atoms with Crippen LogP contribution in [-0.2, 0) is 6.54 Å². The van der Waals surface area contributed by atoms with Crippen molar-refractivity contribution in [2.45, 2.75) is 6.54 Å². The highest BCUT2D eigenvalue weighted by Crippen LogP contribution is 2.27. The summed E-state index contributed by atoms with van der Waals surface area (Å²) in [6, 6.07) is 4.94. The Morgan fingerprint density at radius 1 is 1.33 bits per heavy atom. The Morgan fingerprint density at radius 3 is 3.06 bits per heavy atom. The maximum atomic E-state index is 11.0. The average Bonchev–Trinajstić information content (AvgIpc) is 2.57. The van der Waals surface area contributed by atoms with Crippen molar-refractivity contribution in [2.75, 3.05) is 0 Å². The molecule has 5 nitrogen and oxygen atoms in total. The van der Waals surface area contributed by atoms with E-state index in [1.54, 1.807) is 30.6 Å². The Kier molecular flexibility index (Phi) is 2.37. The molecule has 0 amide bonds. The quantitative estimate of drug-likeness (QED) is 0.822. The van der Waals surface area contributed by atoms with E-state index in [0.717, 1.165) is 22.4 Å². The van der Waals surface area contributed by atoms with E-state index in [9.17, 15) is 4.79 Å². The predicted octanol–water partition coefficient (Wildman–Crippen LogP) is 1.77. The number of hydrogen-bond donors (Lipinski definition) is 1. The zero-order valence-corrected chi connectivity index (χ0v) is 9.37. The molecule has 2 aromatic rings. The van der Waals surface area contributed by atoms with Gasteiger partial charge in [0.2, 0.25) is 0 Å². The third-order valence-electron chi connectivity index (χ3n) is 2.84. The van der Waals surface area contributed by atoms with E-state index in [-0.39, 0.29) is 5.56 Å². The van der Waals surface area contributed by atoms with Crippen LogP contribution in [0.15, 0.2) is 35.7 Å². The lowest BCUT2D eigenvalue weighted by molar-refractivity contribution is 0.0697. The van der Waals surface area contributed by atoms with Gasteiger partial charge in [-0.2, -0.15) is 0 Å². The van der Waals surface area contributed by atoms with Gasteiger partial charge in [-0.25, -0.2) is 14.8 Å². The molecule has 1 N–H and O–H groups in total. The highest BCUT2D eigenvalue weighted by atomic mass is 16.4. The summed E-state index contributed by atoms with van der Waals surface area (Å²) in [6.45, 7) is 0.507. The topological polar surface area (TPSA) is 75.4 Å². The third-order valence-corrected chi connectivity index (χ3v) is 2.84. The van der Waals surface area contributed by atoms with Gasteiger partial charge in [0.1, 0.15) is 6.33 Å². The monoisotopic (exact) mass is 239 g/mol. The van der Waals surface area contributed by atoms with E-state index < -0.39 is 5.97 Å². The third kappa shape index (κ3) is 1.66. The molecule has 3 rings (SSSR count). The zero-order chi connectivity index (χ0) is 12.5.